The molecule has 0 saturated carbocycles. The first-order valence-electron chi connectivity index (χ1n) is 27.7. The van der Waals surface area contributed by atoms with Crippen molar-refractivity contribution in [3.05, 3.63) is 157 Å². The maximum absolute atomic E-state index is 9.95. The summed E-state index contributed by atoms with van der Waals surface area (Å²) in [4.78, 5) is 13.0. The Morgan fingerprint density at radius 1 is 0.490 bits per heavy atom. The Morgan fingerprint density at radius 3 is 1.90 bits per heavy atom. The molecule has 0 fully saturated rings. The molecule has 4 heterocycles. The molecule has 11 aromatic rings. The van der Waals surface area contributed by atoms with Gasteiger partial charge in [0.05, 0.1) is 56.2 Å². The highest BCUT2D eigenvalue weighted by Gasteiger charge is 2.24. The zero-order valence-electron chi connectivity index (χ0n) is 50.7. The number of hydrogen-bond donors (Lipinski definition) is 0. The second-order valence-electron chi connectivity index (χ2n) is 11.3. The molecule has 0 saturated heterocycles. The number of furan rings is 1. The maximum atomic E-state index is 9.95. The second kappa shape index (κ2) is 10.6. The fraction of sp³-hybridized carbons (Fsp3) is 0.0217. The van der Waals surface area contributed by atoms with Crippen molar-refractivity contribution in [1.82, 2.24) is 19.4 Å². The minimum atomic E-state index is -0.990. The van der Waals surface area contributed by atoms with Crippen molar-refractivity contribution in [3.8, 4) is 45.3 Å². The van der Waals surface area contributed by atoms with Gasteiger partial charge in [0.25, 0.3) is 0 Å². The fourth-order valence-electron chi connectivity index (χ4n) is 6.35. The van der Waals surface area contributed by atoms with E-state index in [0.29, 0.717) is 0 Å². The molecule has 5 heteroatoms. The lowest BCUT2D eigenvalue weighted by Gasteiger charge is -2.10. The van der Waals surface area contributed by atoms with Crippen LogP contribution in [0.2, 0.25) is 0 Å². The van der Waals surface area contributed by atoms with Gasteiger partial charge in [-0.25, -0.2) is 15.0 Å². The first kappa shape index (κ1) is 13.1. The summed E-state index contributed by atoms with van der Waals surface area (Å²) < 4.78 is 231. The van der Waals surface area contributed by atoms with Crippen molar-refractivity contribution in [1.29, 1.82) is 0 Å². The molecule has 4 aromatic heterocycles. The standard InChI is InChI=1S/C46H28N4O/c1-27-12-9-16-30(24-27)45-47-44(28-13-3-2-4-14-28)48-46(49-45)31-17-10-15-29(25-31)32-20-11-23-39-40(32)36-26-35-33-18-5-7-21-37(33)50-38-22-8-6-19-34(38)41(42(35)50)43(36)51-39/h2-26H,1H3/i2D,3D,4D,5D,6D,7D,8D,9D,10D,11D,12D,13D,14D,15D,16D,17D,18D,19D,20D,21D,22D,23D,24D,25D,26D. The first-order valence-corrected chi connectivity index (χ1v) is 15.2. The molecule has 0 radical (unpaired) electrons. The minimum Gasteiger partial charge on any atom is -0.455 e. The van der Waals surface area contributed by atoms with E-state index < -0.39 is 213 Å². The summed E-state index contributed by atoms with van der Waals surface area (Å²) in [6.07, 6.45) is 0. The van der Waals surface area contributed by atoms with E-state index >= 15 is 0 Å². The molecule has 0 bridgehead atoms. The van der Waals surface area contributed by atoms with Gasteiger partial charge in [0.2, 0.25) is 0 Å². The maximum Gasteiger partial charge on any atom is 0.164 e. The highest BCUT2D eigenvalue weighted by Crippen LogP contribution is 2.47. The summed E-state index contributed by atoms with van der Waals surface area (Å²) >= 11 is 0. The SMILES string of the molecule is [2H]c1c([2H])c([2H])c(-c2nc(-c3c([2H])c([2H])c([2H])c(C)c3[2H])nc(-c3c([2H])c([2H])c([2H])c(-c4c([2H])c([2H])c([2H])c5oc6c(c([2H])c7c8c([2H])c([2H])c([2H])c([2H])c8n8c9c([2H])c([2H])c([2H])c([2H])c9c6c78)c45)c3[2H])n2)c([2H])c1[2H]. The Balaban J connectivity index is 1.34. The van der Waals surface area contributed by atoms with E-state index in [1.165, 1.54) is 11.3 Å². The highest BCUT2D eigenvalue weighted by atomic mass is 16.3. The lowest BCUT2D eigenvalue weighted by molar-refractivity contribution is 0.673. The molecule has 0 aliphatic rings. The van der Waals surface area contributed by atoms with Crippen LogP contribution < -0.4 is 0 Å². The summed E-state index contributed by atoms with van der Waals surface area (Å²) in [5, 5.41) is -1.78. The Kier molecular flexibility index (Phi) is 2.72. The number of hydrogen-bond acceptors (Lipinski definition) is 4. The number of nitrogens with zero attached hydrogens (tertiary/aromatic N) is 4. The first-order chi connectivity index (χ1) is 35.6. The average Bonchev–Trinajstić information content (AvgIpc) is 4.17. The molecule has 0 N–H and O–H groups in total. The number of rotatable bonds is 4. The molecule has 0 aliphatic carbocycles. The van der Waals surface area contributed by atoms with Crippen LogP contribution in [-0.4, -0.2) is 19.4 Å². The fourth-order valence-corrected chi connectivity index (χ4v) is 6.35. The molecule has 7 aromatic carbocycles. The summed E-state index contributed by atoms with van der Waals surface area (Å²) in [5.41, 5.74) is -5.11. The van der Waals surface area contributed by atoms with Crippen molar-refractivity contribution in [2.45, 2.75) is 6.92 Å². The third-order valence-corrected chi connectivity index (χ3v) is 8.41. The second-order valence-corrected chi connectivity index (χ2v) is 11.3. The number of aromatic nitrogens is 4. The summed E-state index contributed by atoms with van der Waals surface area (Å²) in [7, 11) is 0. The largest absolute Gasteiger partial charge is 0.455 e. The molecule has 0 amide bonds. The van der Waals surface area contributed by atoms with Crippen LogP contribution in [-0.2, 0) is 0 Å². The Hall–Kier alpha value is -6.85. The summed E-state index contributed by atoms with van der Waals surface area (Å²) in [6.45, 7) is 1.30. The molecule has 5 nitrogen and oxygen atoms in total. The van der Waals surface area contributed by atoms with Crippen LogP contribution in [0.15, 0.2) is 155 Å². The third kappa shape index (κ3) is 4.12. The van der Waals surface area contributed by atoms with Crippen molar-refractivity contribution < 1.29 is 38.7 Å². The van der Waals surface area contributed by atoms with Crippen LogP contribution in [0.25, 0.3) is 105 Å². The van der Waals surface area contributed by atoms with E-state index in [1.54, 1.807) is 0 Å². The summed E-state index contributed by atoms with van der Waals surface area (Å²) in [5.74, 6) is -2.24. The van der Waals surface area contributed by atoms with Crippen LogP contribution in [0, 0.1) is 6.92 Å². The van der Waals surface area contributed by atoms with Gasteiger partial charge in [0, 0.05) is 43.6 Å². The molecule has 238 valence electrons. The molecule has 0 spiro atoms. The van der Waals surface area contributed by atoms with Gasteiger partial charge in [-0.2, -0.15) is 0 Å². The Morgan fingerprint density at radius 2 is 1.10 bits per heavy atom. The van der Waals surface area contributed by atoms with E-state index in [0.717, 1.165) is 0 Å². The topological polar surface area (TPSA) is 56.2 Å². The van der Waals surface area contributed by atoms with E-state index in [1.807, 2.05) is 0 Å². The lowest BCUT2D eigenvalue weighted by Crippen LogP contribution is -2.00. The Labute approximate surface area is 327 Å². The zero-order chi connectivity index (χ0) is 55.4. The monoisotopic (exact) mass is 677 g/mol. The molecule has 0 aliphatic heterocycles. The normalized spacial score (nSPS) is 18.9. The number of benzene rings is 7. The van der Waals surface area contributed by atoms with Crippen molar-refractivity contribution in [3.63, 3.8) is 0 Å². The molecule has 11 rings (SSSR count). The highest BCUT2D eigenvalue weighted by molar-refractivity contribution is 6.33. The number of para-hydroxylation sites is 2. The van der Waals surface area contributed by atoms with Gasteiger partial charge in [-0.05, 0) is 54.3 Å². The van der Waals surface area contributed by atoms with Crippen LogP contribution in [0.5, 0.6) is 0 Å². The van der Waals surface area contributed by atoms with Crippen molar-refractivity contribution >= 4 is 60.0 Å². The van der Waals surface area contributed by atoms with Crippen LogP contribution in [0.1, 0.15) is 39.8 Å². The summed E-state index contributed by atoms with van der Waals surface area (Å²) in [6, 6.07) is -19.2. The van der Waals surface area contributed by atoms with Crippen molar-refractivity contribution in [2.24, 2.45) is 0 Å². The van der Waals surface area contributed by atoms with Crippen LogP contribution in [0.4, 0.5) is 0 Å². The van der Waals surface area contributed by atoms with Gasteiger partial charge in [-0.15, -0.1) is 0 Å². The van der Waals surface area contributed by atoms with Crippen LogP contribution >= 0.6 is 0 Å². The van der Waals surface area contributed by atoms with E-state index in [-0.39, 0.29) is 49.0 Å². The smallest absolute Gasteiger partial charge is 0.164 e. The van der Waals surface area contributed by atoms with Gasteiger partial charge >= 0.3 is 0 Å². The zero-order valence-corrected chi connectivity index (χ0v) is 25.7. The van der Waals surface area contributed by atoms with E-state index in [9.17, 15) is 6.85 Å². The predicted molar refractivity (Wildman–Crippen MR) is 208 cm³/mol. The lowest BCUT2D eigenvalue weighted by atomic mass is 9.96. The molecule has 0 atom stereocenters. The Bertz CT molecular complexity index is 4460. The molecule has 51 heavy (non-hydrogen) atoms. The van der Waals surface area contributed by atoms with E-state index in [4.69, 9.17) is 31.8 Å². The quantitative estimate of drug-likeness (QED) is 0.186. The average molecular weight is 678 g/mol. The molecular weight excluding hydrogens is 625 g/mol. The predicted octanol–water partition coefficient (Wildman–Crippen LogP) is 11.9. The minimum absolute atomic E-state index is 0.111. The van der Waals surface area contributed by atoms with Crippen LogP contribution in [0.3, 0.4) is 0 Å². The van der Waals surface area contributed by atoms with Gasteiger partial charge in [-0.3, -0.25) is 0 Å². The van der Waals surface area contributed by atoms with E-state index in [2.05, 4.69) is 15.0 Å². The van der Waals surface area contributed by atoms with Gasteiger partial charge in [-0.1, -0.05) is 120 Å². The van der Waals surface area contributed by atoms with Gasteiger partial charge in [0.1, 0.15) is 11.2 Å². The molecule has 0 unspecified atom stereocenters. The van der Waals surface area contributed by atoms with Crippen molar-refractivity contribution in [2.75, 3.05) is 0 Å². The number of fused-ring (bicyclic) bond motifs is 10. The molecular formula is C46H28N4O. The van der Waals surface area contributed by atoms with Gasteiger partial charge in [0.15, 0.2) is 17.5 Å². The van der Waals surface area contributed by atoms with Gasteiger partial charge < -0.3 is 8.82 Å². The third-order valence-electron chi connectivity index (χ3n) is 8.41.